The van der Waals surface area contributed by atoms with Crippen LogP contribution in [0.15, 0.2) is 59.1 Å². The number of likely N-dealkylation sites (tertiary alicyclic amines) is 1. The maximum absolute atomic E-state index is 11.3. The average Bonchev–Trinajstić information content (AvgIpc) is 3.39. The van der Waals surface area contributed by atoms with Gasteiger partial charge in [-0.3, -0.25) is 9.69 Å². The molecule has 1 saturated heterocycles. The normalized spacial score (nSPS) is 14.3. The molecular weight excluding hydrogens is 504 g/mol. The zero-order chi connectivity index (χ0) is 25.9. The monoisotopic (exact) mass is 532 g/mol. The van der Waals surface area contributed by atoms with Gasteiger partial charge in [0.25, 0.3) is 5.89 Å². The van der Waals surface area contributed by atoms with Gasteiger partial charge in [-0.1, -0.05) is 41.6 Å². The Morgan fingerprint density at radius 3 is 2.58 bits per heavy atom. The number of benzene rings is 3. The highest BCUT2D eigenvalue weighted by atomic mass is 35.5. The largest absolute Gasteiger partial charge is 0.490 e. The summed E-state index contributed by atoms with van der Waals surface area (Å²) >= 11 is 0. The summed E-state index contributed by atoms with van der Waals surface area (Å²) < 4.78 is 11.3. The highest BCUT2D eigenvalue weighted by Gasteiger charge is 2.25. The predicted octanol–water partition coefficient (Wildman–Crippen LogP) is 5.93. The standard InChI is InChI=1S/C29H28N4O4.ClH/c1-18(2)36-26-10-8-20(15-22(26)16-30)28-31-27(32-37-28)25-9-7-21(23-5-3-4-6-24(23)25)17-33-13-11-19(12-14-33)29(34)35;/h3-10,15,18-19H,11-14,17H2,1-2H3,(H,34,35);1H. The summed E-state index contributed by atoms with van der Waals surface area (Å²) in [7, 11) is 0. The van der Waals surface area contributed by atoms with Crippen molar-refractivity contribution in [2.45, 2.75) is 39.3 Å². The van der Waals surface area contributed by atoms with E-state index >= 15 is 0 Å². The lowest BCUT2D eigenvalue weighted by molar-refractivity contribution is -0.143. The number of nitriles is 1. The van der Waals surface area contributed by atoms with E-state index in [4.69, 9.17) is 9.26 Å². The lowest BCUT2D eigenvalue weighted by atomic mass is 9.95. The third kappa shape index (κ3) is 5.64. The lowest BCUT2D eigenvalue weighted by Crippen LogP contribution is -2.35. The number of carbonyl (C=O) groups is 1. The van der Waals surface area contributed by atoms with E-state index in [1.54, 1.807) is 12.1 Å². The zero-order valence-corrected chi connectivity index (χ0v) is 22.1. The van der Waals surface area contributed by atoms with Gasteiger partial charge in [-0.05, 0) is 74.3 Å². The molecule has 1 aliphatic heterocycles. The van der Waals surface area contributed by atoms with Gasteiger partial charge in [0, 0.05) is 17.7 Å². The van der Waals surface area contributed by atoms with Crippen LogP contribution in [0.25, 0.3) is 33.6 Å². The van der Waals surface area contributed by atoms with E-state index in [-0.39, 0.29) is 24.4 Å². The first-order valence-electron chi connectivity index (χ1n) is 12.4. The van der Waals surface area contributed by atoms with E-state index in [1.807, 2.05) is 44.2 Å². The molecule has 38 heavy (non-hydrogen) atoms. The first-order valence-corrected chi connectivity index (χ1v) is 12.4. The van der Waals surface area contributed by atoms with E-state index in [1.165, 1.54) is 5.56 Å². The van der Waals surface area contributed by atoms with Gasteiger partial charge < -0.3 is 14.4 Å². The van der Waals surface area contributed by atoms with Crippen LogP contribution in [0.3, 0.4) is 0 Å². The number of aliphatic carboxylic acids is 1. The molecule has 9 heteroatoms. The molecule has 0 bridgehead atoms. The number of carboxylic acids is 1. The van der Waals surface area contributed by atoms with Crippen molar-refractivity contribution in [2.75, 3.05) is 13.1 Å². The van der Waals surface area contributed by atoms with Crippen molar-refractivity contribution in [1.82, 2.24) is 15.0 Å². The highest BCUT2D eigenvalue weighted by molar-refractivity contribution is 5.97. The first-order chi connectivity index (χ1) is 17.9. The number of rotatable bonds is 7. The van der Waals surface area contributed by atoms with Crippen molar-refractivity contribution in [3.63, 3.8) is 0 Å². The number of halogens is 1. The van der Waals surface area contributed by atoms with E-state index in [0.29, 0.717) is 41.4 Å². The number of piperidine rings is 1. The molecule has 196 valence electrons. The molecule has 1 fully saturated rings. The van der Waals surface area contributed by atoms with Gasteiger partial charge >= 0.3 is 5.97 Å². The van der Waals surface area contributed by atoms with Gasteiger partial charge in [-0.25, -0.2) is 0 Å². The summed E-state index contributed by atoms with van der Waals surface area (Å²) in [6.45, 7) is 6.12. The van der Waals surface area contributed by atoms with Gasteiger partial charge in [0.15, 0.2) is 0 Å². The van der Waals surface area contributed by atoms with Gasteiger partial charge in [0.1, 0.15) is 11.8 Å². The second-order valence-electron chi connectivity index (χ2n) is 9.62. The zero-order valence-electron chi connectivity index (χ0n) is 21.3. The second kappa shape index (κ2) is 11.6. The Labute approximate surface area is 227 Å². The fourth-order valence-electron chi connectivity index (χ4n) is 4.83. The van der Waals surface area contributed by atoms with Crippen LogP contribution in [0.2, 0.25) is 0 Å². The molecule has 0 aliphatic carbocycles. The van der Waals surface area contributed by atoms with Crippen molar-refractivity contribution in [3.05, 3.63) is 65.7 Å². The molecule has 4 aromatic rings. The number of nitrogens with zero attached hydrogens (tertiary/aromatic N) is 4. The number of fused-ring (bicyclic) bond motifs is 1. The lowest BCUT2D eigenvalue weighted by Gasteiger charge is -2.30. The summed E-state index contributed by atoms with van der Waals surface area (Å²) in [5.74, 6) is 0.386. The van der Waals surface area contributed by atoms with Gasteiger partial charge in [-0.2, -0.15) is 10.2 Å². The molecule has 1 aromatic heterocycles. The molecule has 2 heterocycles. The van der Waals surface area contributed by atoms with Crippen LogP contribution < -0.4 is 4.74 Å². The number of hydrogen-bond acceptors (Lipinski definition) is 7. The first kappa shape index (κ1) is 27.1. The average molecular weight is 533 g/mol. The summed E-state index contributed by atoms with van der Waals surface area (Å²) in [4.78, 5) is 18.2. The van der Waals surface area contributed by atoms with Crippen molar-refractivity contribution < 1.29 is 19.2 Å². The maximum atomic E-state index is 11.3. The molecule has 8 nitrogen and oxygen atoms in total. The van der Waals surface area contributed by atoms with Crippen LogP contribution in [0.1, 0.15) is 37.8 Å². The van der Waals surface area contributed by atoms with Crippen LogP contribution in [0.4, 0.5) is 0 Å². The Morgan fingerprint density at radius 1 is 1.16 bits per heavy atom. The Morgan fingerprint density at radius 2 is 1.89 bits per heavy atom. The quantitative estimate of drug-likeness (QED) is 0.311. The van der Waals surface area contributed by atoms with Crippen LogP contribution in [0.5, 0.6) is 5.75 Å². The SMILES string of the molecule is CC(C)Oc1ccc(-c2nc(-c3ccc(CN4CCC(C(=O)O)CC4)c4ccccc34)no2)cc1C#N.Cl. The Hall–Kier alpha value is -3.93. The van der Waals surface area contributed by atoms with Crippen molar-refractivity contribution in [1.29, 1.82) is 5.26 Å². The van der Waals surface area contributed by atoms with Crippen molar-refractivity contribution >= 4 is 29.1 Å². The van der Waals surface area contributed by atoms with Crippen LogP contribution in [-0.4, -0.2) is 45.3 Å². The number of aromatic nitrogens is 2. The smallest absolute Gasteiger partial charge is 0.306 e. The molecule has 0 saturated carbocycles. The van der Waals surface area contributed by atoms with Crippen LogP contribution >= 0.6 is 12.4 Å². The fourth-order valence-corrected chi connectivity index (χ4v) is 4.83. The minimum atomic E-state index is -0.697. The molecular formula is C29H29ClN4O4. The molecule has 1 aliphatic rings. The maximum Gasteiger partial charge on any atom is 0.306 e. The minimum Gasteiger partial charge on any atom is -0.490 e. The molecule has 0 unspecified atom stereocenters. The molecule has 0 amide bonds. The molecule has 3 aromatic carbocycles. The molecule has 1 N–H and O–H groups in total. The Kier molecular flexibility index (Phi) is 8.30. The van der Waals surface area contributed by atoms with Crippen molar-refractivity contribution in [3.8, 4) is 34.7 Å². The molecule has 0 radical (unpaired) electrons. The molecule has 5 rings (SSSR count). The fraction of sp³-hybridized carbons (Fsp3) is 0.310. The van der Waals surface area contributed by atoms with Gasteiger partial charge in [0.2, 0.25) is 5.82 Å². The number of carboxylic acid groups (broad SMARTS) is 1. The third-order valence-corrected chi connectivity index (χ3v) is 6.72. The Bertz CT molecular complexity index is 1490. The molecule has 0 atom stereocenters. The van der Waals surface area contributed by atoms with E-state index in [9.17, 15) is 15.2 Å². The van der Waals surface area contributed by atoms with Crippen molar-refractivity contribution in [2.24, 2.45) is 5.92 Å². The number of ether oxygens (including phenoxy) is 1. The van der Waals surface area contributed by atoms with Gasteiger partial charge in [0.05, 0.1) is 17.6 Å². The molecule has 0 spiro atoms. The van der Waals surface area contributed by atoms with E-state index in [2.05, 4.69) is 33.2 Å². The van der Waals surface area contributed by atoms with Crippen LogP contribution in [-0.2, 0) is 11.3 Å². The summed E-state index contributed by atoms with van der Waals surface area (Å²) in [5.41, 5.74) is 3.10. The summed E-state index contributed by atoms with van der Waals surface area (Å²) in [6, 6.07) is 19.7. The highest BCUT2D eigenvalue weighted by Crippen LogP contribution is 2.33. The Balaban J connectivity index is 0.00000336. The summed E-state index contributed by atoms with van der Waals surface area (Å²) in [5, 5.41) is 25.2. The summed E-state index contributed by atoms with van der Waals surface area (Å²) in [6.07, 6.45) is 1.31. The third-order valence-electron chi connectivity index (χ3n) is 6.72. The van der Waals surface area contributed by atoms with Crippen LogP contribution in [0, 0.1) is 17.2 Å². The van der Waals surface area contributed by atoms with Gasteiger partial charge in [-0.15, -0.1) is 12.4 Å². The predicted molar refractivity (Wildman–Crippen MR) is 146 cm³/mol. The number of hydrogen-bond donors (Lipinski definition) is 1. The topological polar surface area (TPSA) is 112 Å². The van der Waals surface area contributed by atoms with E-state index < -0.39 is 5.97 Å². The minimum absolute atomic E-state index is 0. The van der Waals surface area contributed by atoms with E-state index in [0.717, 1.165) is 36.0 Å². The second-order valence-corrected chi connectivity index (χ2v) is 9.62.